The molecule has 0 radical (unpaired) electrons. The fourth-order valence-electron chi connectivity index (χ4n) is 1.38. The first kappa shape index (κ1) is 11.2. The molecule has 80 valence electrons. The Morgan fingerprint density at radius 1 is 1.50 bits per heavy atom. The quantitative estimate of drug-likeness (QED) is 0.801. The lowest BCUT2D eigenvalue weighted by Gasteiger charge is -2.29. The van der Waals surface area contributed by atoms with Gasteiger partial charge in [0.15, 0.2) is 0 Å². The maximum atomic E-state index is 6.20. The van der Waals surface area contributed by atoms with Crippen LogP contribution in [0.15, 0.2) is 12.4 Å². The van der Waals surface area contributed by atoms with Crippen molar-refractivity contribution in [2.24, 2.45) is 11.1 Å². The van der Waals surface area contributed by atoms with Crippen LogP contribution in [0.3, 0.4) is 0 Å². The summed E-state index contributed by atoms with van der Waals surface area (Å²) in [6, 6.07) is 0.0767. The Balaban J connectivity index is 2.83. The highest BCUT2D eigenvalue weighted by atomic mass is 15.3. The molecule has 0 aliphatic heterocycles. The van der Waals surface area contributed by atoms with E-state index in [1.165, 1.54) is 0 Å². The van der Waals surface area contributed by atoms with Crippen LogP contribution < -0.4 is 5.73 Å². The highest BCUT2D eigenvalue weighted by Crippen LogP contribution is 2.33. The molecule has 1 atom stereocenters. The molecule has 1 unspecified atom stereocenters. The molecule has 14 heavy (non-hydrogen) atoms. The van der Waals surface area contributed by atoms with Crippen LogP contribution in [0.2, 0.25) is 0 Å². The van der Waals surface area contributed by atoms with Gasteiger partial charge in [-0.25, -0.2) is 0 Å². The largest absolute Gasteiger partial charge is 0.323 e. The summed E-state index contributed by atoms with van der Waals surface area (Å²) in [5.74, 6) is 0. The van der Waals surface area contributed by atoms with Gasteiger partial charge in [-0.3, -0.25) is 4.68 Å². The number of hydrogen-bond acceptors (Lipinski definition) is 2. The fraction of sp³-hybridized carbons (Fsp3) is 0.727. The predicted octanol–water partition coefficient (Wildman–Crippen LogP) is 2.34. The molecular weight excluding hydrogens is 174 g/mol. The van der Waals surface area contributed by atoms with E-state index in [1.54, 1.807) is 0 Å². The maximum absolute atomic E-state index is 6.20. The van der Waals surface area contributed by atoms with Gasteiger partial charge >= 0.3 is 0 Å². The van der Waals surface area contributed by atoms with Crippen molar-refractivity contribution < 1.29 is 0 Å². The third-order valence-electron chi connectivity index (χ3n) is 3.09. The lowest BCUT2D eigenvalue weighted by atomic mass is 9.80. The minimum absolute atomic E-state index is 0.0767. The van der Waals surface area contributed by atoms with E-state index in [0.717, 1.165) is 18.5 Å². The van der Waals surface area contributed by atoms with E-state index in [4.69, 9.17) is 5.73 Å². The van der Waals surface area contributed by atoms with Crippen LogP contribution in [0, 0.1) is 5.41 Å². The highest BCUT2D eigenvalue weighted by molar-refractivity contribution is 5.12. The minimum atomic E-state index is 0.0767. The maximum Gasteiger partial charge on any atom is 0.0537 e. The molecule has 0 fully saturated rings. The molecule has 0 amide bonds. The normalized spacial score (nSPS) is 14.4. The summed E-state index contributed by atoms with van der Waals surface area (Å²) < 4.78 is 1.92. The van der Waals surface area contributed by atoms with E-state index in [0.29, 0.717) is 0 Å². The summed E-state index contributed by atoms with van der Waals surface area (Å²) in [5.41, 5.74) is 7.48. The van der Waals surface area contributed by atoms with E-state index in [2.05, 4.69) is 32.8 Å². The van der Waals surface area contributed by atoms with Gasteiger partial charge in [-0.05, 0) is 18.8 Å². The molecule has 0 spiro atoms. The van der Waals surface area contributed by atoms with Gasteiger partial charge < -0.3 is 5.73 Å². The monoisotopic (exact) mass is 195 g/mol. The fourth-order valence-corrected chi connectivity index (χ4v) is 1.38. The van der Waals surface area contributed by atoms with Crippen LogP contribution in [-0.4, -0.2) is 9.78 Å². The molecule has 1 heterocycles. The van der Waals surface area contributed by atoms with Crippen molar-refractivity contribution in [3.8, 4) is 0 Å². The lowest BCUT2D eigenvalue weighted by Crippen LogP contribution is -2.28. The molecule has 2 N–H and O–H groups in total. The van der Waals surface area contributed by atoms with Crippen LogP contribution >= 0.6 is 0 Å². The molecule has 0 aromatic carbocycles. The van der Waals surface area contributed by atoms with Gasteiger partial charge in [0.2, 0.25) is 0 Å². The Labute approximate surface area is 86.3 Å². The summed E-state index contributed by atoms with van der Waals surface area (Å²) in [4.78, 5) is 0. The van der Waals surface area contributed by atoms with Crippen molar-refractivity contribution in [3.63, 3.8) is 0 Å². The van der Waals surface area contributed by atoms with Gasteiger partial charge in [-0.15, -0.1) is 0 Å². The molecule has 1 rings (SSSR count). The standard InChI is InChI=1S/C11H21N3/c1-5-11(3,4)10(12)9-7-13-14(6-2)8-9/h7-8,10H,5-6,12H2,1-4H3. The van der Waals surface area contributed by atoms with Gasteiger partial charge in [0.05, 0.1) is 6.20 Å². The summed E-state index contributed by atoms with van der Waals surface area (Å²) in [6.07, 6.45) is 5.00. The van der Waals surface area contributed by atoms with Gasteiger partial charge in [0, 0.05) is 24.3 Å². The average molecular weight is 195 g/mol. The Morgan fingerprint density at radius 2 is 2.14 bits per heavy atom. The molecular formula is C11H21N3. The Bertz CT molecular complexity index is 288. The highest BCUT2D eigenvalue weighted by Gasteiger charge is 2.26. The van der Waals surface area contributed by atoms with Crippen LogP contribution in [0.25, 0.3) is 0 Å². The number of nitrogens with zero attached hydrogens (tertiary/aromatic N) is 2. The third kappa shape index (κ3) is 2.15. The van der Waals surface area contributed by atoms with E-state index in [-0.39, 0.29) is 11.5 Å². The van der Waals surface area contributed by atoms with Gasteiger partial charge in [-0.1, -0.05) is 20.8 Å². The first-order chi connectivity index (χ1) is 6.51. The van der Waals surface area contributed by atoms with Crippen LogP contribution in [0.4, 0.5) is 0 Å². The molecule has 1 aromatic rings. The number of rotatable bonds is 4. The zero-order chi connectivity index (χ0) is 10.8. The molecule has 1 aromatic heterocycles. The second-order valence-corrected chi connectivity index (χ2v) is 4.45. The molecule has 3 nitrogen and oxygen atoms in total. The number of hydrogen-bond donors (Lipinski definition) is 1. The smallest absolute Gasteiger partial charge is 0.0537 e. The van der Waals surface area contributed by atoms with E-state index in [1.807, 2.05) is 17.1 Å². The summed E-state index contributed by atoms with van der Waals surface area (Å²) in [5, 5.41) is 4.24. The van der Waals surface area contributed by atoms with Crippen molar-refractivity contribution in [2.45, 2.75) is 46.7 Å². The van der Waals surface area contributed by atoms with E-state index in [9.17, 15) is 0 Å². The number of aromatic nitrogens is 2. The van der Waals surface area contributed by atoms with Gasteiger partial charge in [0.25, 0.3) is 0 Å². The molecule has 0 aliphatic rings. The number of aryl methyl sites for hydroxylation is 1. The lowest BCUT2D eigenvalue weighted by molar-refractivity contribution is 0.278. The van der Waals surface area contributed by atoms with Gasteiger partial charge in [-0.2, -0.15) is 5.10 Å². The summed E-state index contributed by atoms with van der Waals surface area (Å²) in [7, 11) is 0. The molecule has 3 heteroatoms. The SMILES string of the molecule is CCn1cc(C(N)C(C)(C)CC)cn1. The summed E-state index contributed by atoms with van der Waals surface area (Å²) >= 11 is 0. The van der Waals surface area contributed by atoms with E-state index < -0.39 is 0 Å². The zero-order valence-corrected chi connectivity index (χ0v) is 9.62. The number of nitrogens with two attached hydrogens (primary N) is 1. The zero-order valence-electron chi connectivity index (χ0n) is 9.62. The third-order valence-corrected chi connectivity index (χ3v) is 3.09. The van der Waals surface area contributed by atoms with Crippen molar-refractivity contribution in [3.05, 3.63) is 18.0 Å². The van der Waals surface area contributed by atoms with Crippen LogP contribution in [0.5, 0.6) is 0 Å². The molecule has 0 saturated heterocycles. The average Bonchev–Trinajstić information content (AvgIpc) is 2.64. The molecule has 0 saturated carbocycles. The van der Waals surface area contributed by atoms with E-state index >= 15 is 0 Å². The van der Waals surface area contributed by atoms with Crippen molar-refractivity contribution in [2.75, 3.05) is 0 Å². The minimum Gasteiger partial charge on any atom is -0.323 e. The van der Waals surface area contributed by atoms with Crippen LogP contribution in [0.1, 0.15) is 45.7 Å². The molecule has 0 aliphatic carbocycles. The molecule has 0 bridgehead atoms. The van der Waals surface area contributed by atoms with Crippen LogP contribution in [-0.2, 0) is 6.54 Å². The first-order valence-corrected chi connectivity index (χ1v) is 5.29. The van der Waals surface area contributed by atoms with Crippen molar-refractivity contribution >= 4 is 0 Å². The second kappa shape index (κ2) is 4.13. The van der Waals surface area contributed by atoms with Gasteiger partial charge in [0.1, 0.15) is 0 Å². The van der Waals surface area contributed by atoms with Crippen molar-refractivity contribution in [1.29, 1.82) is 0 Å². The topological polar surface area (TPSA) is 43.8 Å². The second-order valence-electron chi connectivity index (χ2n) is 4.45. The summed E-state index contributed by atoms with van der Waals surface area (Å²) in [6.45, 7) is 9.54. The first-order valence-electron chi connectivity index (χ1n) is 5.29. The predicted molar refractivity (Wildman–Crippen MR) is 58.9 cm³/mol. The van der Waals surface area contributed by atoms with Crippen molar-refractivity contribution in [1.82, 2.24) is 9.78 Å². The Morgan fingerprint density at radius 3 is 2.57 bits per heavy atom. The Hall–Kier alpha value is -0.830. The Kier molecular flexibility index (Phi) is 3.32.